The van der Waals surface area contributed by atoms with Crippen LogP contribution >= 0.6 is 0 Å². The topological polar surface area (TPSA) is 78.9 Å². The lowest BCUT2D eigenvalue weighted by atomic mass is 10.0. The molecule has 444 valence electrons. The van der Waals surface area contributed by atoms with E-state index in [9.17, 15) is 14.4 Å². The van der Waals surface area contributed by atoms with Gasteiger partial charge in [-0.25, -0.2) is 0 Å². The molecule has 0 aliphatic rings. The Bertz CT molecular complexity index is 1470. The van der Waals surface area contributed by atoms with Crippen molar-refractivity contribution in [3.63, 3.8) is 0 Å². The third kappa shape index (κ3) is 63.3. The fourth-order valence-corrected chi connectivity index (χ4v) is 9.48. The lowest BCUT2D eigenvalue weighted by Crippen LogP contribution is -2.30. The van der Waals surface area contributed by atoms with Crippen molar-refractivity contribution in [2.75, 3.05) is 13.2 Å². The van der Waals surface area contributed by atoms with E-state index in [1.165, 1.54) is 180 Å². The Morgan fingerprint density at radius 1 is 0.273 bits per heavy atom. The monoisotopic (exact) mass is 1070 g/mol. The van der Waals surface area contributed by atoms with E-state index in [-0.39, 0.29) is 31.1 Å². The number of rotatable bonds is 60. The summed E-state index contributed by atoms with van der Waals surface area (Å²) in [7, 11) is 0. The number of allylic oxidation sites excluding steroid dienone is 14. The number of unbranched alkanes of at least 4 members (excludes halogenated alkanes) is 35. The zero-order valence-electron chi connectivity index (χ0n) is 51.0. The first-order chi connectivity index (χ1) is 38.0. The Morgan fingerprint density at radius 2 is 0.506 bits per heavy atom. The van der Waals surface area contributed by atoms with E-state index in [1.807, 2.05) is 0 Å². The number of hydrogen-bond acceptors (Lipinski definition) is 6. The van der Waals surface area contributed by atoms with Gasteiger partial charge in [0.2, 0.25) is 0 Å². The number of ether oxygens (including phenoxy) is 3. The van der Waals surface area contributed by atoms with Gasteiger partial charge in [0.05, 0.1) is 0 Å². The van der Waals surface area contributed by atoms with Gasteiger partial charge in [0, 0.05) is 19.3 Å². The Balaban J connectivity index is 4.28. The van der Waals surface area contributed by atoms with Crippen LogP contribution in [0.3, 0.4) is 0 Å². The van der Waals surface area contributed by atoms with E-state index in [0.29, 0.717) is 19.3 Å². The maximum atomic E-state index is 12.9. The van der Waals surface area contributed by atoms with Crippen molar-refractivity contribution < 1.29 is 28.6 Å². The molecule has 0 rings (SSSR count). The van der Waals surface area contributed by atoms with Crippen molar-refractivity contribution in [3.05, 3.63) is 85.1 Å². The smallest absolute Gasteiger partial charge is 0.306 e. The van der Waals surface area contributed by atoms with Crippen LogP contribution in [0.1, 0.15) is 329 Å². The fraction of sp³-hybridized carbons (Fsp3) is 0.761. The normalized spacial score (nSPS) is 12.6. The van der Waals surface area contributed by atoms with Crippen LogP contribution < -0.4 is 0 Å². The van der Waals surface area contributed by atoms with Crippen LogP contribution in [-0.2, 0) is 28.6 Å². The minimum atomic E-state index is -0.778. The molecule has 0 saturated carbocycles. The minimum absolute atomic E-state index is 0.0749. The van der Waals surface area contributed by atoms with Crippen molar-refractivity contribution in [3.8, 4) is 0 Å². The molecule has 0 aromatic heterocycles. The highest BCUT2D eigenvalue weighted by atomic mass is 16.6. The Labute approximate surface area is 477 Å². The lowest BCUT2D eigenvalue weighted by molar-refractivity contribution is -0.167. The summed E-state index contributed by atoms with van der Waals surface area (Å²) < 4.78 is 16.9. The average Bonchev–Trinajstić information content (AvgIpc) is 3.43. The first-order valence-electron chi connectivity index (χ1n) is 33.1. The van der Waals surface area contributed by atoms with E-state index < -0.39 is 6.10 Å². The molecular formula is C71H124O6. The summed E-state index contributed by atoms with van der Waals surface area (Å²) in [5.41, 5.74) is 0. The Morgan fingerprint density at radius 3 is 0.792 bits per heavy atom. The van der Waals surface area contributed by atoms with Crippen LogP contribution in [0.25, 0.3) is 0 Å². The highest BCUT2D eigenvalue weighted by Gasteiger charge is 2.19. The second-order valence-corrected chi connectivity index (χ2v) is 22.0. The molecule has 0 saturated heterocycles. The van der Waals surface area contributed by atoms with E-state index in [2.05, 4.69) is 106 Å². The SMILES string of the molecule is CC/C=C\C/C=C\C/C=C\C/C=C\C/C=C\C/C=C\C/C=C\CCCCCCCCCC(=O)OCC(COC(=O)CCCCCCCCCCCCCC)OC(=O)CCCCCCCCCCCCCCCCCCCC. The minimum Gasteiger partial charge on any atom is -0.462 e. The van der Waals surface area contributed by atoms with Gasteiger partial charge in [-0.15, -0.1) is 0 Å². The van der Waals surface area contributed by atoms with Crippen LogP contribution in [0, 0.1) is 0 Å². The summed E-state index contributed by atoms with van der Waals surface area (Å²) in [6.07, 6.45) is 85.9. The first-order valence-corrected chi connectivity index (χ1v) is 33.1. The molecule has 0 heterocycles. The third-order valence-corrected chi connectivity index (χ3v) is 14.4. The van der Waals surface area contributed by atoms with Crippen molar-refractivity contribution in [2.45, 2.75) is 335 Å². The standard InChI is InChI=1S/C71H124O6/c1-4-7-10-13-16-19-22-25-27-29-31-32-33-34-35-36-37-38-39-40-41-43-44-46-49-52-55-58-61-64-70(73)76-67-68(66-75-69(72)63-60-57-54-51-48-24-21-18-15-12-9-6-3)77-71(74)65-62-59-56-53-50-47-45-42-30-28-26-23-20-17-14-11-8-5-2/h7,10,16,19,25,27,31-32,34-35,37-38,40-41,68H,4-6,8-9,11-15,17-18,20-24,26,28-30,33,36,39,42-67H2,1-3H3/b10-7-,19-16-,27-25-,32-31-,35-34-,38-37-,41-40-. The van der Waals surface area contributed by atoms with Crippen LogP contribution in [-0.4, -0.2) is 37.2 Å². The summed E-state index contributed by atoms with van der Waals surface area (Å²) in [6.45, 7) is 6.56. The van der Waals surface area contributed by atoms with Gasteiger partial charge in [-0.1, -0.05) is 318 Å². The molecule has 0 bridgehead atoms. The summed E-state index contributed by atoms with van der Waals surface area (Å²) in [6, 6.07) is 0. The molecule has 0 aliphatic heterocycles. The van der Waals surface area contributed by atoms with Gasteiger partial charge in [-0.3, -0.25) is 14.4 Å². The van der Waals surface area contributed by atoms with Gasteiger partial charge in [0.1, 0.15) is 13.2 Å². The van der Waals surface area contributed by atoms with E-state index in [0.717, 1.165) is 109 Å². The largest absolute Gasteiger partial charge is 0.462 e. The van der Waals surface area contributed by atoms with E-state index in [1.54, 1.807) is 0 Å². The molecule has 0 aromatic rings. The van der Waals surface area contributed by atoms with Gasteiger partial charge in [0.15, 0.2) is 6.10 Å². The van der Waals surface area contributed by atoms with Crippen molar-refractivity contribution in [1.29, 1.82) is 0 Å². The predicted octanol–water partition coefficient (Wildman–Crippen LogP) is 22.7. The van der Waals surface area contributed by atoms with Crippen LogP contribution in [0.4, 0.5) is 0 Å². The molecule has 0 fully saturated rings. The predicted molar refractivity (Wildman–Crippen MR) is 334 cm³/mol. The quantitative estimate of drug-likeness (QED) is 0.0261. The Hall–Kier alpha value is -3.41. The van der Waals surface area contributed by atoms with E-state index >= 15 is 0 Å². The number of carbonyl (C=O) groups excluding carboxylic acids is 3. The number of carbonyl (C=O) groups is 3. The molecule has 1 atom stereocenters. The van der Waals surface area contributed by atoms with Crippen molar-refractivity contribution in [1.82, 2.24) is 0 Å². The Kier molecular flexibility index (Phi) is 62.2. The molecule has 0 aliphatic carbocycles. The average molecular weight is 1070 g/mol. The highest BCUT2D eigenvalue weighted by molar-refractivity contribution is 5.71. The summed E-state index contributed by atoms with van der Waals surface area (Å²) in [5.74, 6) is -0.870. The van der Waals surface area contributed by atoms with Crippen LogP contribution in [0.5, 0.6) is 0 Å². The zero-order valence-corrected chi connectivity index (χ0v) is 51.0. The van der Waals surface area contributed by atoms with Crippen molar-refractivity contribution >= 4 is 17.9 Å². The molecule has 0 N–H and O–H groups in total. The second-order valence-electron chi connectivity index (χ2n) is 22.0. The molecule has 0 spiro atoms. The lowest BCUT2D eigenvalue weighted by Gasteiger charge is -2.18. The molecule has 0 radical (unpaired) electrons. The van der Waals surface area contributed by atoms with Crippen LogP contribution in [0.2, 0.25) is 0 Å². The number of hydrogen-bond donors (Lipinski definition) is 0. The zero-order chi connectivity index (χ0) is 55.7. The first kappa shape index (κ1) is 73.6. The maximum Gasteiger partial charge on any atom is 0.306 e. The molecule has 0 amide bonds. The molecule has 6 heteroatoms. The summed E-state index contributed by atoms with van der Waals surface area (Å²) in [4.78, 5) is 38.3. The van der Waals surface area contributed by atoms with Gasteiger partial charge in [0.25, 0.3) is 0 Å². The molecule has 1 unspecified atom stereocenters. The van der Waals surface area contributed by atoms with Crippen molar-refractivity contribution in [2.24, 2.45) is 0 Å². The molecule has 0 aromatic carbocycles. The van der Waals surface area contributed by atoms with Gasteiger partial charge < -0.3 is 14.2 Å². The molecule has 6 nitrogen and oxygen atoms in total. The summed E-state index contributed by atoms with van der Waals surface area (Å²) >= 11 is 0. The van der Waals surface area contributed by atoms with Gasteiger partial charge in [-0.2, -0.15) is 0 Å². The maximum absolute atomic E-state index is 12.9. The second kappa shape index (κ2) is 65.1. The third-order valence-electron chi connectivity index (χ3n) is 14.4. The fourth-order valence-electron chi connectivity index (χ4n) is 9.48. The molecule has 77 heavy (non-hydrogen) atoms. The van der Waals surface area contributed by atoms with Gasteiger partial charge >= 0.3 is 17.9 Å². The van der Waals surface area contributed by atoms with Gasteiger partial charge in [-0.05, 0) is 77.0 Å². The number of esters is 3. The summed E-state index contributed by atoms with van der Waals surface area (Å²) in [5, 5.41) is 0. The highest BCUT2D eigenvalue weighted by Crippen LogP contribution is 2.17. The van der Waals surface area contributed by atoms with E-state index in [4.69, 9.17) is 14.2 Å². The van der Waals surface area contributed by atoms with Crippen LogP contribution in [0.15, 0.2) is 85.1 Å². The molecular weight excluding hydrogens is 949 g/mol.